The first kappa shape index (κ1) is 20.1. The Morgan fingerprint density at radius 1 is 1.33 bits per heavy atom. The van der Waals surface area contributed by atoms with Gasteiger partial charge in [-0.3, -0.25) is 4.79 Å². The fraction of sp³-hybridized carbons (Fsp3) is 0.375. The van der Waals surface area contributed by atoms with Crippen LogP contribution in [0.5, 0.6) is 0 Å². The molecule has 1 saturated heterocycles. The number of nitrogens with zero attached hydrogens (tertiary/aromatic N) is 2. The number of likely N-dealkylation sites (N-methyl/N-ethyl adjacent to an activating group) is 1. The molecule has 0 saturated carbocycles. The van der Waals surface area contributed by atoms with Crippen molar-refractivity contribution in [2.75, 3.05) is 20.2 Å². The van der Waals surface area contributed by atoms with Crippen molar-refractivity contribution in [3.8, 4) is 23.1 Å². The van der Waals surface area contributed by atoms with E-state index in [2.05, 4.69) is 16.8 Å². The summed E-state index contributed by atoms with van der Waals surface area (Å²) in [6, 6.07) is 9.36. The Balaban J connectivity index is 1.71. The Hall–Kier alpha value is -3.17. The summed E-state index contributed by atoms with van der Waals surface area (Å²) >= 11 is 0. The largest absolute Gasteiger partial charge is 0.461 e. The topological polar surface area (TPSA) is 79.7 Å². The SMILES string of the molecule is CCOC(=O)c1cc2c(c(-c3cccc(C#C[C@]4(O)CCN(C)C4=O)c3)n1)CCC2. The van der Waals surface area contributed by atoms with Crippen LogP contribution in [0.1, 0.15) is 46.9 Å². The van der Waals surface area contributed by atoms with E-state index in [1.807, 2.05) is 30.3 Å². The predicted molar refractivity (Wildman–Crippen MR) is 112 cm³/mol. The van der Waals surface area contributed by atoms with Crippen molar-refractivity contribution in [2.45, 2.75) is 38.2 Å². The molecule has 0 radical (unpaired) electrons. The zero-order valence-electron chi connectivity index (χ0n) is 17.2. The van der Waals surface area contributed by atoms with Crippen molar-refractivity contribution in [1.29, 1.82) is 0 Å². The Kier molecular flexibility index (Phi) is 5.31. The van der Waals surface area contributed by atoms with Crippen molar-refractivity contribution in [2.24, 2.45) is 0 Å². The number of fused-ring (bicyclic) bond motifs is 1. The molecule has 2 heterocycles. The lowest BCUT2D eigenvalue weighted by atomic mass is 9.99. The number of ether oxygens (including phenoxy) is 1. The summed E-state index contributed by atoms with van der Waals surface area (Å²) in [5.74, 6) is 4.91. The molecular formula is C24H24N2O4. The van der Waals surface area contributed by atoms with Gasteiger partial charge in [-0.05, 0) is 55.5 Å². The quantitative estimate of drug-likeness (QED) is 0.628. The Morgan fingerprint density at radius 2 is 2.17 bits per heavy atom. The normalized spacial score (nSPS) is 20.0. The second-order valence-electron chi connectivity index (χ2n) is 7.74. The summed E-state index contributed by atoms with van der Waals surface area (Å²) in [7, 11) is 1.66. The van der Waals surface area contributed by atoms with Crippen molar-refractivity contribution in [1.82, 2.24) is 9.88 Å². The number of esters is 1. The lowest BCUT2D eigenvalue weighted by Gasteiger charge is -2.13. The molecule has 0 bridgehead atoms. The molecule has 1 aromatic heterocycles. The van der Waals surface area contributed by atoms with Crippen LogP contribution in [-0.4, -0.2) is 52.7 Å². The van der Waals surface area contributed by atoms with Crippen LogP contribution < -0.4 is 0 Å². The monoisotopic (exact) mass is 404 g/mol. The van der Waals surface area contributed by atoms with E-state index in [1.165, 1.54) is 4.90 Å². The molecule has 1 aromatic carbocycles. The van der Waals surface area contributed by atoms with E-state index in [9.17, 15) is 14.7 Å². The maximum Gasteiger partial charge on any atom is 0.356 e. The zero-order valence-corrected chi connectivity index (χ0v) is 17.2. The van der Waals surface area contributed by atoms with Gasteiger partial charge in [0.15, 0.2) is 0 Å². The number of amides is 1. The summed E-state index contributed by atoms with van der Waals surface area (Å²) in [4.78, 5) is 30.5. The van der Waals surface area contributed by atoms with Gasteiger partial charge in [0, 0.05) is 31.1 Å². The van der Waals surface area contributed by atoms with Crippen LogP contribution in [0.15, 0.2) is 30.3 Å². The Labute approximate surface area is 175 Å². The summed E-state index contributed by atoms with van der Waals surface area (Å²) < 4.78 is 5.14. The number of aryl methyl sites for hydroxylation is 1. The number of likely N-dealkylation sites (tertiary alicyclic amines) is 1. The molecule has 1 N–H and O–H groups in total. The molecule has 30 heavy (non-hydrogen) atoms. The van der Waals surface area contributed by atoms with Gasteiger partial charge in [0.1, 0.15) is 5.69 Å². The molecule has 4 rings (SSSR count). The number of carbonyl (C=O) groups excluding carboxylic acids is 2. The van der Waals surface area contributed by atoms with Gasteiger partial charge in [-0.2, -0.15) is 0 Å². The molecule has 1 amide bonds. The number of aromatic nitrogens is 1. The van der Waals surface area contributed by atoms with Gasteiger partial charge in [-0.25, -0.2) is 9.78 Å². The Bertz CT molecular complexity index is 1080. The molecular weight excluding hydrogens is 380 g/mol. The van der Waals surface area contributed by atoms with Gasteiger partial charge in [-0.1, -0.05) is 24.0 Å². The van der Waals surface area contributed by atoms with Gasteiger partial charge in [0.05, 0.1) is 12.3 Å². The van der Waals surface area contributed by atoms with Crippen LogP contribution in [0.25, 0.3) is 11.3 Å². The smallest absolute Gasteiger partial charge is 0.356 e. The van der Waals surface area contributed by atoms with Crippen molar-refractivity contribution in [3.05, 3.63) is 52.7 Å². The third kappa shape index (κ3) is 3.69. The van der Waals surface area contributed by atoms with Gasteiger partial charge in [0.25, 0.3) is 5.91 Å². The molecule has 1 aliphatic heterocycles. The first-order valence-electron chi connectivity index (χ1n) is 10.2. The zero-order chi connectivity index (χ0) is 21.3. The lowest BCUT2D eigenvalue weighted by molar-refractivity contribution is -0.137. The minimum atomic E-state index is -1.63. The molecule has 6 heteroatoms. The van der Waals surface area contributed by atoms with E-state index in [4.69, 9.17) is 4.74 Å². The molecule has 0 unspecified atom stereocenters. The standard InChI is InChI=1S/C24H24N2O4/c1-3-30-22(27)20-15-17-7-5-9-19(17)21(25-20)18-8-4-6-16(14-18)10-11-24(29)12-13-26(2)23(24)28/h4,6,8,14-15,29H,3,5,7,9,12-13H2,1-2H3/t24-/m0/s1. The highest BCUT2D eigenvalue weighted by Gasteiger charge is 2.42. The highest BCUT2D eigenvalue weighted by atomic mass is 16.5. The minimum Gasteiger partial charge on any atom is -0.461 e. The van der Waals surface area contributed by atoms with Crippen LogP contribution in [0, 0.1) is 11.8 Å². The van der Waals surface area contributed by atoms with Crippen LogP contribution in [0.3, 0.4) is 0 Å². The summed E-state index contributed by atoms with van der Waals surface area (Å²) in [5.41, 5.74) is 3.28. The average molecular weight is 404 g/mol. The molecule has 2 aliphatic rings. The van der Waals surface area contributed by atoms with Crippen LogP contribution in [0.2, 0.25) is 0 Å². The van der Waals surface area contributed by atoms with E-state index in [-0.39, 0.29) is 5.91 Å². The average Bonchev–Trinajstić information content (AvgIpc) is 3.33. The number of hydrogen-bond donors (Lipinski definition) is 1. The number of benzene rings is 1. The van der Waals surface area contributed by atoms with Crippen LogP contribution in [-0.2, 0) is 22.4 Å². The van der Waals surface area contributed by atoms with E-state index in [0.717, 1.165) is 41.6 Å². The number of carbonyl (C=O) groups is 2. The van der Waals surface area contributed by atoms with Crippen molar-refractivity contribution in [3.63, 3.8) is 0 Å². The number of aliphatic hydroxyl groups is 1. The molecule has 1 fully saturated rings. The van der Waals surface area contributed by atoms with Crippen molar-refractivity contribution >= 4 is 11.9 Å². The first-order valence-corrected chi connectivity index (χ1v) is 10.2. The molecule has 0 spiro atoms. The summed E-state index contributed by atoms with van der Waals surface area (Å²) in [6.45, 7) is 2.56. The summed E-state index contributed by atoms with van der Waals surface area (Å²) in [5, 5.41) is 10.5. The third-order valence-electron chi connectivity index (χ3n) is 5.63. The Morgan fingerprint density at radius 3 is 2.90 bits per heavy atom. The van der Waals surface area contributed by atoms with Gasteiger partial charge in [-0.15, -0.1) is 0 Å². The third-order valence-corrected chi connectivity index (χ3v) is 5.63. The van der Waals surface area contributed by atoms with Gasteiger partial charge in [0.2, 0.25) is 5.60 Å². The van der Waals surface area contributed by atoms with Gasteiger partial charge < -0.3 is 14.7 Å². The van der Waals surface area contributed by atoms with Crippen LogP contribution >= 0.6 is 0 Å². The first-order chi connectivity index (χ1) is 14.4. The highest BCUT2D eigenvalue weighted by molar-refractivity contribution is 5.90. The second-order valence-corrected chi connectivity index (χ2v) is 7.74. The molecule has 154 valence electrons. The predicted octanol–water partition coefficient (Wildman–Crippen LogP) is 2.36. The van der Waals surface area contributed by atoms with E-state index in [0.29, 0.717) is 30.8 Å². The maximum absolute atomic E-state index is 12.3. The lowest BCUT2D eigenvalue weighted by Crippen LogP contribution is -2.37. The van der Waals surface area contributed by atoms with E-state index in [1.54, 1.807) is 14.0 Å². The fourth-order valence-electron chi connectivity index (χ4n) is 4.02. The number of pyridine rings is 1. The maximum atomic E-state index is 12.3. The van der Waals surface area contributed by atoms with E-state index >= 15 is 0 Å². The molecule has 2 aromatic rings. The molecule has 1 atom stereocenters. The molecule has 6 nitrogen and oxygen atoms in total. The number of hydrogen-bond acceptors (Lipinski definition) is 5. The van der Waals surface area contributed by atoms with Gasteiger partial charge >= 0.3 is 5.97 Å². The van der Waals surface area contributed by atoms with E-state index < -0.39 is 11.6 Å². The molecule has 1 aliphatic carbocycles. The van der Waals surface area contributed by atoms with Crippen LogP contribution in [0.4, 0.5) is 0 Å². The fourth-order valence-corrected chi connectivity index (χ4v) is 4.02. The minimum absolute atomic E-state index is 0.297. The second kappa shape index (κ2) is 7.92. The highest BCUT2D eigenvalue weighted by Crippen LogP contribution is 2.32. The summed E-state index contributed by atoms with van der Waals surface area (Å²) in [6.07, 6.45) is 3.15. The van der Waals surface area contributed by atoms with Crippen molar-refractivity contribution < 1.29 is 19.4 Å². The number of rotatable bonds is 3.